The number of carbonyl (C=O) groups is 2. The molecule has 2 aliphatic rings. The molecule has 2 N–H and O–H groups in total. The number of carboxylic acids is 1. The molecule has 2 saturated heterocycles. The molecule has 2 heterocycles. The van der Waals surface area contributed by atoms with Crippen LogP contribution in [0.15, 0.2) is 0 Å². The Kier molecular flexibility index (Phi) is 5.45. The quantitative estimate of drug-likeness (QED) is 0.822. The molecule has 2 atom stereocenters. The third-order valence-electron chi connectivity index (χ3n) is 4.43. The number of amides is 2. The summed E-state index contributed by atoms with van der Waals surface area (Å²) >= 11 is 0. The molecule has 2 rings (SSSR count). The van der Waals surface area contributed by atoms with Crippen LogP contribution in [0.2, 0.25) is 0 Å². The second kappa shape index (κ2) is 7.11. The summed E-state index contributed by atoms with van der Waals surface area (Å²) in [6, 6.07) is -0.568. The summed E-state index contributed by atoms with van der Waals surface area (Å²) in [6.45, 7) is 7.37. The summed E-state index contributed by atoms with van der Waals surface area (Å²) < 4.78 is 0. The van der Waals surface area contributed by atoms with E-state index in [4.69, 9.17) is 0 Å². The van der Waals surface area contributed by atoms with Crippen LogP contribution in [0.3, 0.4) is 0 Å². The van der Waals surface area contributed by atoms with Gasteiger partial charge >= 0.3 is 12.0 Å². The van der Waals surface area contributed by atoms with Crippen molar-refractivity contribution < 1.29 is 14.7 Å². The average molecular weight is 297 g/mol. The lowest BCUT2D eigenvalue weighted by molar-refractivity contribution is -0.139. The van der Waals surface area contributed by atoms with Crippen molar-refractivity contribution in [3.63, 3.8) is 0 Å². The molecule has 0 spiro atoms. The summed E-state index contributed by atoms with van der Waals surface area (Å²) in [5.74, 6) is -0.713. The van der Waals surface area contributed by atoms with Crippen molar-refractivity contribution in [2.45, 2.75) is 51.6 Å². The highest BCUT2D eigenvalue weighted by atomic mass is 16.4. The molecule has 2 fully saturated rings. The molecule has 2 amide bonds. The Morgan fingerprint density at radius 2 is 2.00 bits per heavy atom. The van der Waals surface area contributed by atoms with Crippen molar-refractivity contribution in [3.8, 4) is 0 Å². The van der Waals surface area contributed by atoms with E-state index < -0.39 is 12.0 Å². The van der Waals surface area contributed by atoms with Crippen LogP contribution in [0.1, 0.15) is 39.5 Å². The summed E-state index contributed by atoms with van der Waals surface area (Å²) in [6.07, 6.45) is 4.07. The molecule has 0 saturated carbocycles. The van der Waals surface area contributed by atoms with E-state index in [9.17, 15) is 14.7 Å². The van der Waals surface area contributed by atoms with Gasteiger partial charge < -0.3 is 15.3 Å². The molecule has 6 nitrogen and oxygen atoms in total. The Morgan fingerprint density at radius 3 is 2.67 bits per heavy atom. The third kappa shape index (κ3) is 4.33. The second-order valence-corrected chi connectivity index (χ2v) is 6.60. The zero-order valence-electron chi connectivity index (χ0n) is 13.0. The maximum atomic E-state index is 12.3. The molecular formula is C15H27N3O3. The van der Waals surface area contributed by atoms with Gasteiger partial charge in [-0.25, -0.2) is 9.59 Å². The predicted molar refractivity (Wildman–Crippen MR) is 80.2 cm³/mol. The molecule has 120 valence electrons. The van der Waals surface area contributed by atoms with Crippen LogP contribution < -0.4 is 5.32 Å². The van der Waals surface area contributed by atoms with Gasteiger partial charge in [0.15, 0.2) is 0 Å². The molecule has 1 unspecified atom stereocenters. The first-order chi connectivity index (χ1) is 9.97. The molecule has 6 heteroatoms. The van der Waals surface area contributed by atoms with Gasteiger partial charge in [0.1, 0.15) is 6.04 Å². The van der Waals surface area contributed by atoms with Crippen LogP contribution in [-0.4, -0.2) is 65.2 Å². The summed E-state index contributed by atoms with van der Waals surface area (Å²) in [5, 5.41) is 11.9. The monoisotopic (exact) mass is 297 g/mol. The van der Waals surface area contributed by atoms with Gasteiger partial charge in [-0.05, 0) is 31.7 Å². The Balaban J connectivity index is 1.88. The van der Waals surface area contributed by atoms with Gasteiger partial charge in [-0.2, -0.15) is 0 Å². The SMILES string of the molecule is CC(C)C[C@H](NC(=O)N1CCN2CCCCC2C1)C(=O)O. The van der Waals surface area contributed by atoms with Gasteiger partial charge in [-0.1, -0.05) is 20.3 Å². The maximum absolute atomic E-state index is 12.3. The highest BCUT2D eigenvalue weighted by Gasteiger charge is 2.32. The smallest absolute Gasteiger partial charge is 0.326 e. The van der Waals surface area contributed by atoms with Crippen molar-refractivity contribution in [2.75, 3.05) is 26.2 Å². The van der Waals surface area contributed by atoms with Gasteiger partial charge in [-0.15, -0.1) is 0 Å². The normalized spacial score (nSPS) is 24.5. The van der Waals surface area contributed by atoms with Crippen LogP contribution in [0.5, 0.6) is 0 Å². The average Bonchev–Trinajstić information content (AvgIpc) is 2.45. The van der Waals surface area contributed by atoms with E-state index in [0.29, 0.717) is 19.0 Å². The Morgan fingerprint density at radius 1 is 1.24 bits per heavy atom. The fourth-order valence-corrected chi connectivity index (χ4v) is 3.27. The molecule has 0 bridgehead atoms. The molecule has 0 aliphatic carbocycles. The van der Waals surface area contributed by atoms with E-state index in [0.717, 1.165) is 26.1 Å². The number of rotatable bonds is 4. The van der Waals surface area contributed by atoms with E-state index in [-0.39, 0.29) is 11.9 Å². The molecular weight excluding hydrogens is 270 g/mol. The van der Waals surface area contributed by atoms with Crippen molar-refractivity contribution in [3.05, 3.63) is 0 Å². The molecule has 0 aromatic heterocycles. The lowest BCUT2D eigenvalue weighted by Crippen LogP contribution is -2.59. The Labute approximate surface area is 126 Å². The second-order valence-electron chi connectivity index (χ2n) is 6.60. The number of nitrogens with one attached hydrogen (secondary N) is 1. The topological polar surface area (TPSA) is 72.9 Å². The molecule has 0 aromatic rings. The van der Waals surface area contributed by atoms with Crippen molar-refractivity contribution in [1.82, 2.24) is 15.1 Å². The molecule has 0 aromatic carbocycles. The van der Waals surface area contributed by atoms with E-state index in [2.05, 4.69) is 10.2 Å². The number of fused-ring (bicyclic) bond motifs is 1. The van der Waals surface area contributed by atoms with Gasteiger partial charge in [0.2, 0.25) is 0 Å². The third-order valence-corrected chi connectivity index (χ3v) is 4.43. The minimum Gasteiger partial charge on any atom is -0.480 e. The number of piperidine rings is 1. The van der Waals surface area contributed by atoms with Gasteiger partial charge in [0.05, 0.1) is 0 Å². The van der Waals surface area contributed by atoms with Gasteiger partial charge in [-0.3, -0.25) is 4.90 Å². The van der Waals surface area contributed by atoms with Crippen molar-refractivity contribution >= 4 is 12.0 Å². The highest BCUT2D eigenvalue weighted by molar-refractivity contribution is 5.82. The zero-order chi connectivity index (χ0) is 15.4. The largest absolute Gasteiger partial charge is 0.480 e. The Bertz CT molecular complexity index is 386. The van der Waals surface area contributed by atoms with Crippen LogP contribution in [0, 0.1) is 5.92 Å². The van der Waals surface area contributed by atoms with Crippen LogP contribution in [0.25, 0.3) is 0 Å². The standard InChI is InChI=1S/C15H27N3O3/c1-11(2)9-13(14(19)20)16-15(21)18-8-7-17-6-4-3-5-12(17)10-18/h11-13H,3-10H2,1-2H3,(H,16,21)(H,19,20)/t12?,13-/m0/s1. The van der Waals surface area contributed by atoms with Crippen LogP contribution in [-0.2, 0) is 4.79 Å². The van der Waals surface area contributed by atoms with Crippen LogP contribution in [0.4, 0.5) is 4.79 Å². The van der Waals surface area contributed by atoms with Crippen molar-refractivity contribution in [2.24, 2.45) is 5.92 Å². The summed E-state index contributed by atoms with van der Waals surface area (Å²) in [4.78, 5) is 27.8. The molecule has 2 aliphatic heterocycles. The fraction of sp³-hybridized carbons (Fsp3) is 0.867. The van der Waals surface area contributed by atoms with E-state index in [1.165, 1.54) is 12.8 Å². The first-order valence-electron chi connectivity index (χ1n) is 7.99. The first kappa shape index (κ1) is 16.1. The fourth-order valence-electron chi connectivity index (χ4n) is 3.27. The van der Waals surface area contributed by atoms with Gasteiger partial charge in [0.25, 0.3) is 0 Å². The highest BCUT2D eigenvalue weighted by Crippen LogP contribution is 2.21. The Hall–Kier alpha value is -1.30. The number of piperazine rings is 1. The van der Waals surface area contributed by atoms with Gasteiger partial charge in [0, 0.05) is 25.7 Å². The number of hydrogen-bond donors (Lipinski definition) is 2. The number of aliphatic carboxylic acids is 1. The minimum atomic E-state index is -0.951. The summed E-state index contributed by atoms with van der Waals surface area (Å²) in [7, 11) is 0. The molecule has 21 heavy (non-hydrogen) atoms. The predicted octanol–water partition coefficient (Wildman–Crippen LogP) is 1.37. The van der Waals surface area contributed by atoms with E-state index in [1.54, 1.807) is 4.90 Å². The van der Waals surface area contributed by atoms with E-state index in [1.807, 2.05) is 13.8 Å². The van der Waals surface area contributed by atoms with E-state index >= 15 is 0 Å². The first-order valence-corrected chi connectivity index (χ1v) is 7.99. The summed E-state index contributed by atoms with van der Waals surface area (Å²) in [5.41, 5.74) is 0. The zero-order valence-corrected chi connectivity index (χ0v) is 13.0. The lowest BCUT2D eigenvalue weighted by atomic mass is 9.99. The number of urea groups is 1. The molecule has 0 radical (unpaired) electrons. The lowest BCUT2D eigenvalue weighted by Gasteiger charge is -2.44. The minimum absolute atomic E-state index is 0.228. The van der Waals surface area contributed by atoms with Crippen molar-refractivity contribution in [1.29, 1.82) is 0 Å². The number of nitrogens with zero attached hydrogens (tertiary/aromatic N) is 2. The van der Waals surface area contributed by atoms with Crippen LogP contribution >= 0.6 is 0 Å². The number of carboxylic acid groups (broad SMARTS) is 1. The number of carbonyl (C=O) groups excluding carboxylic acids is 1. The maximum Gasteiger partial charge on any atom is 0.326 e. The number of hydrogen-bond acceptors (Lipinski definition) is 3.